The van der Waals surface area contributed by atoms with E-state index < -0.39 is 5.54 Å². The molecule has 102 valence electrons. The van der Waals surface area contributed by atoms with Crippen LogP contribution in [0, 0.1) is 0 Å². The summed E-state index contributed by atoms with van der Waals surface area (Å²) in [6.45, 7) is 3.77. The molecule has 0 radical (unpaired) electrons. The number of aliphatic hydroxyl groups excluding tert-OH is 1. The molecule has 19 heavy (non-hydrogen) atoms. The number of halogens is 1. The van der Waals surface area contributed by atoms with Crippen LogP contribution >= 0.6 is 22.9 Å². The Balaban J connectivity index is 2.44. The molecular weight excluding hydrogens is 282 g/mol. The monoisotopic (exact) mass is 297 g/mol. The Bertz CT molecular complexity index is 628. The molecule has 1 aromatic carbocycles. The fourth-order valence-corrected chi connectivity index (χ4v) is 2.63. The molecule has 0 saturated carbocycles. The van der Waals surface area contributed by atoms with Crippen LogP contribution in [-0.2, 0) is 7.05 Å². The first-order valence-corrected chi connectivity index (χ1v) is 7.07. The summed E-state index contributed by atoms with van der Waals surface area (Å²) < 4.78 is 1.73. The van der Waals surface area contributed by atoms with E-state index in [-0.39, 0.29) is 6.61 Å². The summed E-state index contributed by atoms with van der Waals surface area (Å²) in [5.41, 5.74) is 0.509. The van der Waals surface area contributed by atoms with E-state index in [1.807, 2.05) is 45.2 Å². The second-order valence-corrected chi connectivity index (χ2v) is 6.30. The van der Waals surface area contributed by atoms with Crippen LogP contribution in [0.1, 0.15) is 13.8 Å². The topological polar surface area (TPSA) is 50.4 Å². The van der Waals surface area contributed by atoms with Crippen LogP contribution < -0.4 is 4.80 Å². The molecule has 0 unspecified atom stereocenters. The molecule has 0 aliphatic rings. The Kier molecular flexibility index (Phi) is 4.08. The van der Waals surface area contributed by atoms with Crippen molar-refractivity contribution in [2.24, 2.45) is 12.0 Å². The molecule has 0 saturated heterocycles. The predicted octanol–water partition coefficient (Wildman–Crippen LogP) is 2.47. The molecule has 0 aliphatic carbocycles. The van der Waals surface area contributed by atoms with E-state index in [0.29, 0.717) is 5.02 Å². The zero-order valence-corrected chi connectivity index (χ0v) is 12.7. The zero-order valence-electron chi connectivity index (χ0n) is 11.1. The lowest BCUT2D eigenvalue weighted by Gasteiger charge is -2.14. The van der Waals surface area contributed by atoms with E-state index in [2.05, 4.69) is 10.1 Å². The molecule has 0 bridgehead atoms. The molecule has 0 aliphatic heterocycles. The van der Waals surface area contributed by atoms with Gasteiger partial charge in [-0.05, 0) is 26.0 Å². The molecule has 1 heterocycles. The highest BCUT2D eigenvalue weighted by atomic mass is 35.5. The fraction of sp³-hybridized carbons (Fsp3) is 0.385. The summed E-state index contributed by atoms with van der Waals surface area (Å²) in [7, 11) is 1.85. The van der Waals surface area contributed by atoms with Crippen molar-refractivity contribution in [3.63, 3.8) is 0 Å². The molecule has 1 N–H and O–H groups in total. The molecule has 2 aromatic rings. The van der Waals surface area contributed by atoms with Gasteiger partial charge in [0.15, 0.2) is 0 Å². The maximum absolute atomic E-state index is 9.27. The van der Waals surface area contributed by atoms with Crippen LogP contribution in [-0.4, -0.2) is 27.0 Å². The van der Waals surface area contributed by atoms with E-state index in [1.54, 1.807) is 4.68 Å². The summed E-state index contributed by atoms with van der Waals surface area (Å²) in [6, 6.07) is 7.55. The highest BCUT2D eigenvalue weighted by molar-refractivity contribution is 7.12. The first-order valence-electron chi connectivity index (χ1n) is 5.88. The van der Waals surface area contributed by atoms with E-state index in [4.69, 9.17) is 11.6 Å². The Labute approximate surface area is 121 Å². The molecule has 0 atom stereocenters. The van der Waals surface area contributed by atoms with Crippen LogP contribution in [0.15, 0.2) is 29.3 Å². The molecule has 2 rings (SSSR count). The second-order valence-electron chi connectivity index (χ2n) is 4.90. The van der Waals surface area contributed by atoms with Gasteiger partial charge in [-0.1, -0.05) is 35.1 Å². The first-order chi connectivity index (χ1) is 8.91. The third-order valence-corrected chi connectivity index (χ3v) is 3.88. The summed E-state index contributed by atoms with van der Waals surface area (Å²) in [4.78, 5) is 5.30. The van der Waals surface area contributed by atoms with Crippen molar-refractivity contribution < 1.29 is 5.11 Å². The van der Waals surface area contributed by atoms with Gasteiger partial charge in [0.05, 0.1) is 12.1 Å². The van der Waals surface area contributed by atoms with E-state index in [9.17, 15) is 5.11 Å². The molecule has 0 spiro atoms. The number of rotatable bonds is 3. The summed E-state index contributed by atoms with van der Waals surface area (Å²) in [5, 5.41) is 15.3. The van der Waals surface area contributed by atoms with E-state index in [1.165, 1.54) is 11.3 Å². The lowest BCUT2D eigenvalue weighted by molar-refractivity contribution is 0.219. The molecule has 0 amide bonds. The van der Waals surface area contributed by atoms with Crippen molar-refractivity contribution in [1.29, 1.82) is 0 Å². The highest BCUT2D eigenvalue weighted by Crippen LogP contribution is 2.21. The van der Waals surface area contributed by atoms with Crippen LogP contribution in [0.3, 0.4) is 0 Å². The minimum atomic E-state index is -0.498. The minimum absolute atomic E-state index is 0.00117. The molecule has 6 heteroatoms. The second kappa shape index (κ2) is 5.45. The summed E-state index contributed by atoms with van der Waals surface area (Å²) >= 11 is 7.36. The Hall–Kier alpha value is -1.17. The third-order valence-electron chi connectivity index (χ3n) is 2.58. The third kappa shape index (κ3) is 3.43. The first kappa shape index (κ1) is 14.2. The van der Waals surface area contributed by atoms with Gasteiger partial charge < -0.3 is 5.11 Å². The van der Waals surface area contributed by atoms with Gasteiger partial charge in [0, 0.05) is 17.6 Å². The average Bonchev–Trinajstić information content (AvgIpc) is 2.71. The van der Waals surface area contributed by atoms with Gasteiger partial charge in [-0.15, -0.1) is 0 Å². The van der Waals surface area contributed by atoms with Crippen molar-refractivity contribution in [2.45, 2.75) is 19.4 Å². The normalized spacial score (nSPS) is 13.0. The number of hydrogen-bond donors (Lipinski definition) is 1. The van der Waals surface area contributed by atoms with Crippen molar-refractivity contribution in [2.75, 3.05) is 6.61 Å². The lowest BCUT2D eigenvalue weighted by atomic mass is 10.1. The predicted molar refractivity (Wildman–Crippen MR) is 78.3 cm³/mol. The van der Waals surface area contributed by atoms with Crippen LogP contribution in [0.25, 0.3) is 10.6 Å². The number of aromatic nitrogens is 2. The average molecular weight is 298 g/mol. The van der Waals surface area contributed by atoms with Crippen molar-refractivity contribution in [3.05, 3.63) is 34.1 Å². The number of aliphatic hydroxyl groups is 1. The van der Waals surface area contributed by atoms with Crippen LogP contribution in [0.4, 0.5) is 0 Å². The van der Waals surface area contributed by atoms with Gasteiger partial charge in [-0.3, -0.25) is 0 Å². The molecule has 4 nitrogen and oxygen atoms in total. The SMILES string of the molecule is Cn1nc(-c2ccc(Cl)cc2)s/c1=N/C(C)(C)CO. The van der Waals surface area contributed by atoms with Crippen molar-refractivity contribution >= 4 is 22.9 Å². The van der Waals surface area contributed by atoms with Gasteiger partial charge in [-0.25, -0.2) is 9.67 Å². The quantitative estimate of drug-likeness (QED) is 0.946. The van der Waals surface area contributed by atoms with Gasteiger partial charge in [0.25, 0.3) is 0 Å². The van der Waals surface area contributed by atoms with E-state index >= 15 is 0 Å². The van der Waals surface area contributed by atoms with Crippen LogP contribution in [0.5, 0.6) is 0 Å². The van der Waals surface area contributed by atoms with Gasteiger partial charge >= 0.3 is 0 Å². The zero-order chi connectivity index (χ0) is 14.0. The minimum Gasteiger partial charge on any atom is -0.394 e. The maximum atomic E-state index is 9.27. The highest BCUT2D eigenvalue weighted by Gasteiger charge is 2.15. The van der Waals surface area contributed by atoms with Crippen LogP contribution in [0.2, 0.25) is 5.02 Å². The lowest BCUT2D eigenvalue weighted by Crippen LogP contribution is -2.27. The Morgan fingerprint density at radius 3 is 2.58 bits per heavy atom. The number of benzene rings is 1. The molecule has 1 aromatic heterocycles. The summed E-state index contributed by atoms with van der Waals surface area (Å²) in [6.07, 6.45) is 0. The molecule has 0 fully saturated rings. The smallest absolute Gasteiger partial charge is 0.203 e. The Morgan fingerprint density at radius 1 is 1.37 bits per heavy atom. The summed E-state index contributed by atoms with van der Waals surface area (Å²) in [5.74, 6) is 0. The largest absolute Gasteiger partial charge is 0.394 e. The fourth-order valence-electron chi connectivity index (χ4n) is 1.45. The van der Waals surface area contributed by atoms with Gasteiger partial charge in [0.1, 0.15) is 5.01 Å². The molecular formula is C13H16ClN3OS. The van der Waals surface area contributed by atoms with Gasteiger partial charge in [-0.2, -0.15) is 5.10 Å². The van der Waals surface area contributed by atoms with Gasteiger partial charge in [0.2, 0.25) is 4.80 Å². The Morgan fingerprint density at radius 2 is 2.00 bits per heavy atom. The number of nitrogens with zero attached hydrogens (tertiary/aromatic N) is 3. The standard InChI is InChI=1S/C13H16ClN3OS/c1-13(2,8-18)15-12-17(3)16-11(19-12)9-4-6-10(14)7-5-9/h4-7,18H,8H2,1-3H3/b15-12+. The number of hydrogen-bond acceptors (Lipinski definition) is 4. The van der Waals surface area contributed by atoms with E-state index in [0.717, 1.165) is 15.4 Å². The van der Waals surface area contributed by atoms with Crippen molar-refractivity contribution in [3.8, 4) is 10.6 Å². The number of aryl methyl sites for hydroxylation is 1. The van der Waals surface area contributed by atoms with Crippen molar-refractivity contribution in [1.82, 2.24) is 9.78 Å². The maximum Gasteiger partial charge on any atom is 0.203 e.